The smallest absolute Gasteiger partial charge is 0.275 e. The number of nitrogens with one attached hydrogen (secondary N) is 1. The van der Waals surface area contributed by atoms with Gasteiger partial charge in [-0.2, -0.15) is 11.8 Å². The van der Waals surface area contributed by atoms with Crippen molar-refractivity contribution in [3.8, 4) is 5.88 Å². The number of nitrogens with zero attached hydrogens (tertiary/aromatic N) is 2. The van der Waals surface area contributed by atoms with Gasteiger partial charge in [0, 0.05) is 42.9 Å². The summed E-state index contributed by atoms with van der Waals surface area (Å²) >= 11 is 8.13. The van der Waals surface area contributed by atoms with Crippen molar-refractivity contribution in [1.82, 2.24) is 9.88 Å². The first-order chi connectivity index (χ1) is 12.7. The Labute approximate surface area is 163 Å². The second-order valence-electron chi connectivity index (χ2n) is 5.96. The van der Waals surface area contributed by atoms with Crippen LogP contribution in [0.4, 0.5) is 5.69 Å². The van der Waals surface area contributed by atoms with Crippen molar-refractivity contribution in [2.24, 2.45) is 0 Å². The van der Waals surface area contributed by atoms with Crippen molar-refractivity contribution in [3.05, 3.63) is 52.7 Å². The third kappa shape index (κ3) is 5.13. The largest absolute Gasteiger partial charge is 0.478 e. The number of rotatable bonds is 6. The number of thioether (sulfide) groups is 1. The quantitative estimate of drug-likeness (QED) is 0.808. The predicted octanol–water partition coefficient (Wildman–Crippen LogP) is 3.93. The van der Waals surface area contributed by atoms with Gasteiger partial charge in [0.15, 0.2) is 5.69 Å². The monoisotopic (exact) mass is 391 g/mol. The van der Waals surface area contributed by atoms with Gasteiger partial charge in [0.05, 0.1) is 11.6 Å². The third-order valence-electron chi connectivity index (χ3n) is 4.02. The lowest BCUT2D eigenvalue weighted by atomic mass is 10.2. The van der Waals surface area contributed by atoms with Crippen LogP contribution in [0.25, 0.3) is 0 Å². The molecule has 1 fully saturated rings. The Morgan fingerprint density at radius 2 is 2.12 bits per heavy atom. The summed E-state index contributed by atoms with van der Waals surface area (Å²) in [6.07, 6.45) is 0. The Morgan fingerprint density at radius 1 is 1.31 bits per heavy atom. The summed E-state index contributed by atoms with van der Waals surface area (Å²) in [5.74, 6) is 2.40. The number of carbonyl (C=O) groups is 1. The number of ether oxygens (including phenoxy) is 1. The minimum atomic E-state index is -0.344. The average molecular weight is 392 g/mol. The van der Waals surface area contributed by atoms with Gasteiger partial charge in [-0.1, -0.05) is 23.7 Å². The molecule has 1 aromatic carbocycles. The van der Waals surface area contributed by atoms with Crippen molar-refractivity contribution in [2.75, 3.05) is 36.5 Å². The lowest BCUT2D eigenvalue weighted by Crippen LogP contribution is -2.31. The predicted molar refractivity (Wildman–Crippen MR) is 107 cm³/mol. The van der Waals surface area contributed by atoms with E-state index in [1.807, 2.05) is 36.9 Å². The molecule has 2 heterocycles. The van der Waals surface area contributed by atoms with E-state index in [2.05, 4.69) is 21.3 Å². The van der Waals surface area contributed by atoms with E-state index in [9.17, 15) is 4.79 Å². The SMILES string of the molecule is CCOc1ccc(Cl)c(C(=O)Nc2cccc(CN3CCSCC3)c2)n1. The molecule has 0 saturated carbocycles. The molecule has 138 valence electrons. The molecule has 5 nitrogen and oxygen atoms in total. The normalized spacial score (nSPS) is 14.8. The maximum Gasteiger partial charge on any atom is 0.275 e. The van der Waals surface area contributed by atoms with Gasteiger partial charge in [-0.25, -0.2) is 4.98 Å². The number of hydrogen-bond donors (Lipinski definition) is 1. The van der Waals surface area contributed by atoms with Crippen LogP contribution in [0.5, 0.6) is 5.88 Å². The molecule has 0 spiro atoms. The van der Waals surface area contributed by atoms with E-state index in [1.54, 1.807) is 12.1 Å². The number of pyridine rings is 1. The molecule has 1 N–H and O–H groups in total. The lowest BCUT2D eigenvalue weighted by Gasteiger charge is -2.26. The summed E-state index contributed by atoms with van der Waals surface area (Å²) in [5.41, 5.74) is 2.08. The molecule has 7 heteroatoms. The Bertz CT molecular complexity index is 766. The van der Waals surface area contributed by atoms with Crippen LogP contribution in [-0.4, -0.2) is 47.0 Å². The second-order valence-corrected chi connectivity index (χ2v) is 7.59. The van der Waals surface area contributed by atoms with Gasteiger partial charge in [-0.3, -0.25) is 9.69 Å². The fourth-order valence-corrected chi connectivity index (χ4v) is 3.94. The Morgan fingerprint density at radius 3 is 2.88 bits per heavy atom. The molecule has 1 aliphatic rings. The number of benzene rings is 1. The van der Waals surface area contributed by atoms with E-state index in [1.165, 1.54) is 17.1 Å². The number of anilines is 1. The molecular formula is C19H22ClN3O2S. The van der Waals surface area contributed by atoms with Gasteiger partial charge in [0.2, 0.25) is 5.88 Å². The highest BCUT2D eigenvalue weighted by Crippen LogP contribution is 2.21. The van der Waals surface area contributed by atoms with Crippen LogP contribution in [-0.2, 0) is 6.54 Å². The van der Waals surface area contributed by atoms with E-state index >= 15 is 0 Å². The van der Waals surface area contributed by atoms with Crippen molar-refractivity contribution in [2.45, 2.75) is 13.5 Å². The van der Waals surface area contributed by atoms with Crippen molar-refractivity contribution >= 4 is 35.0 Å². The van der Waals surface area contributed by atoms with Gasteiger partial charge in [0.25, 0.3) is 5.91 Å². The summed E-state index contributed by atoms with van der Waals surface area (Å²) in [7, 11) is 0. The molecular weight excluding hydrogens is 370 g/mol. The van der Waals surface area contributed by atoms with Crippen molar-refractivity contribution < 1.29 is 9.53 Å². The van der Waals surface area contributed by atoms with Gasteiger partial charge < -0.3 is 10.1 Å². The fraction of sp³-hybridized carbons (Fsp3) is 0.368. The first-order valence-corrected chi connectivity index (χ1v) is 10.2. The van der Waals surface area contributed by atoms with Crippen LogP contribution in [0.2, 0.25) is 5.02 Å². The fourth-order valence-electron chi connectivity index (χ4n) is 2.77. The molecule has 1 saturated heterocycles. The molecule has 0 aliphatic carbocycles. The number of amides is 1. The lowest BCUT2D eigenvalue weighted by molar-refractivity contribution is 0.102. The summed E-state index contributed by atoms with van der Waals surface area (Å²) in [6.45, 7) is 5.44. The van der Waals surface area contributed by atoms with Crippen LogP contribution < -0.4 is 10.1 Å². The van der Waals surface area contributed by atoms with Gasteiger partial charge in [-0.15, -0.1) is 0 Å². The maximum absolute atomic E-state index is 12.6. The number of hydrogen-bond acceptors (Lipinski definition) is 5. The van der Waals surface area contributed by atoms with E-state index in [-0.39, 0.29) is 11.6 Å². The van der Waals surface area contributed by atoms with Crippen LogP contribution in [0.3, 0.4) is 0 Å². The number of carbonyl (C=O) groups excluding carboxylic acids is 1. The van der Waals surface area contributed by atoms with Gasteiger partial charge in [0.1, 0.15) is 0 Å². The highest BCUT2D eigenvalue weighted by molar-refractivity contribution is 7.99. The molecule has 0 radical (unpaired) electrons. The Kier molecular flexibility index (Phi) is 6.77. The third-order valence-corrected chi connectivity index (χ3v) is 5.27. The number of halogens is 1. The average Bonchev–Trinajstić information content (AvgIpc) is 2.64. The maximum atomic E-state index is 12.6. The zero-order valence-electron chi connectivity index (χ0n) is 14.7. The standard InChI is InChI=1S/C19H22ClN3O2S/c1-2-25-17-7-6-16(20)18(22-17)19(24)21-15-5-3-4-14(12-15)13-23-8-10-26-11-9-23/h3-7,12H,2,8-11,13H2,1H3,(H,21,24). The first-order valence-electron chi connectivity index (χ1n) is 8.65. The topological polar surface area (TPSA) is 54.5 Å². The second kappa shape index (κ2) is 9.26. The van der Waals surface area contributed by atoms with Crippen LogP contribution in [0.1, 0.15) is 23.0 Å². The van der Waals surface area contributed by atoms with Gasteiger partial charge >= 0.3 is 0 Å². The van der Waals surface area contributed by atoms with Crippen LogP contribution >= 0.6 is 23.4 Å². The molecule has 1 amide bonds. The van der Waals surface area contributed by atoms with E-state index in [4.69, 9.17) is 16.3 Å². The summed E-state index contributed by atoms with van der Waals surface area (Å²) in [6, 6.07) is 11.2. The summed E-state index contributed by atoms with van der Waals surface area (Å²) in [5, 5.41) is 3.18. The molecule has 0 atom stereocenters. The summed E-state index contributed by atoms with van der Waals surface area (Å²) < 4.78 is 5.35. The molecule has 0 bridgehead atoms. The van der Waals surface area contributed by atoms with Crippen molar-refractivity contribution in [3.63, 3.8) is 0 Å². The molecule has 3 rings (SSSR count). The Hall–Kier alpha value is -1.76. The zero-order chi connectivity index (χ0) is 18.4. The number of aromatic nitrogens is 1. The van der Waals surface area contributed by atoms with E-state index in [0.717, 1.165) is 25.3 Å². The van der Waals surface area contributed by atoms with Crippen molar-refractivity contribution in [1.29, 1.82) is 0 Å². The van der Waals surface area contributed by atoms with Gasteiger partial charge in [-0.05, 0) is 30.7 Å². The zero-order valence-corrected chi connectivity index (χ0v) is 16.3. The first kappa shape index (κ1) is 19.0. The molecule has 2 aromatic rings. The van der Waals surface area contributed by atoms with E-state index < -0.39 is 0 Å². The van der Waals surface area contributed by atoms with Crippen LogP contribution in [0, 0.1) is 0 Å². The summed E-state index contributed by atoms with van der Waals surface area (Å²) in [4.78, 5) is 19.2. The molecule has 26 heavy (non-hydrogen) atoms. The molecule has 1 aliphatic heterocycles. The minimum absolute atomic E-state index is 0.163. The van der Waals surface area contributed by atoms with Crippen LogP contribution in [0.15, 0.2) is 36.4 Å². The highest BCUT2D eigenvalue weighted by Gasteiger charge is 2.15. The highest BCUT2D eigenvalue weighted by atomic mass is 35.5. The molecule has 0 unspecified atom stereocenters. The Balaban J connectivity index is 1.69. The molecule has 1 aromatic heterocycles. The minimum Gasteiger partial charge on any atom is -0.478 e. The van der Waals surface area contributed by atoms with E-state index in [0.29, 0.717) is 17.5 Å².